The van der Waals surface area contributed by atoms with Crippen molar-refractivity contribution < 1.29 is 34.8 Å². The molecule has 0 aliphatic rings. The molecule has 4 N–H and O–H groups in total. The molecule has 0 saturated carbocycles. The van der Waals surface area contributed by atoms with Gasteiger partial charge < -0.3 is 20.4 Å². The van der Waals surface area contributed by atoms with Crippen LogP contribution in [0.25, 0.3) is 0 Å². The Morgan fingerprint density at radius 1 is 1.06 bits per heavy atom. The van der Waals surface area contributed by atoms with Gasteiger partial charge in [-0.25, -0.2) is 0 Å². The highest BCUT2D eigenvalue weighted by Crippen LogP contribution is 2.33. The van der Waals surface area contributed by atoms with Crippen LogP contribution in [0.4, 0.5) is 0 Å². The molecular weight excluding hydrogens is 220 g/mol. The van der Waals surface area contributed by atoms with Crippen molar-refractivity contribution in [3.05, 3.63) is 0 Å². The lowest BCUT2D eigenvalue weighted by Gasteiger charge is -2.27. The fourth-order valence-corrected chi connectivity index (χ4v) is 1.59. The van der Waals surface area contributed by atoms with Crippen molar-refractivity contribution in [3.8, 4) is 0 Å². The van der Waals surface area contributed by atoms with Gasteiger partial charge in [0, 0.05) is 0 Å². The van der Waals surface area contributed by atoms with E-state index in [1.165, 1.54) is 6.92 Å². The molecule has 0 aliphatic carbocycles. The lowest BCUT2D eigenvalue weighted by Crippen LogP contribution is -2.38. The van der Waals surface area contributed by atoms with E-state index in [0.717, 1.165) is 0 Å². The third-order valence-electron chi connectivity index (χ3n) is 2.12. The zero-order chi connectivity index (χ0) is 12.9. The zero-order valence-corrected chi connectivity index (χ0v) is 8.71. The summed E-state index contributed by atoms with van der Waals surface area (Å²) in [5.74, 6) is -4.35. The first-order valence-electron chi connectivity index (χ1n) is 4.54. The maximum absolute atomic E-state index is 11.0. The minimum Gasteiger partial charge on any atom is -0.481 e. The van der Waals surface area contributed by atoms with Crippen LogP contribution in [0.2, 0.25) is 0 Å². The van der Waals surface area contributed by atoms with Crippen molar-refractivity contribution in [1.29, 1.82) is 0 Å². The second-order valence-corrected chi connectivity index (χ2v) is 3.78. The largest absolute Gasteiger partial charge is 0.481 e. The van der Waals surface area contributed by atoms with Crippen molar-refractivity contribution in [3.63, 3.8) is 0 Å². The first-order valence-corrected chi connectivity index (χ1v) is 4.54. The molecule has 0 bridgehead atoms. The molecule has 0 spiro atoms. The van der Waals surface area contributed by atoms with Crippen LogP contribution in [0.3, 0.4) is 0 Å². The number of carboxylic acid groups (broad SMARTS) is 3. The molecular formula is C9H14O7. The van der Waals surface area contributed by atoms with Crippen LogP contribution in [0.5, 0.6) is 0 Å². The van der Waals surface area contributed by atoms with Crippen LogP contribution in [0.1, 0.15) is 26.2 Å². The maximum atomic E-state index is 11.0. The molecule has 0 rings (SSSR count). The molecule has 0 aromatic heterocycles. The second-order valence-electron chi connectivity index (χ2n) is 3.78. The molecule has 0 aromatic rings. The lowest BCUT2D eigenvalue weighted by atomic mass is 9.76. The Balaban J connectivity index is 5.11. The monoisotopic (exact) mass is 234 g/mol. The summed E-state index contributed by atoms with van der Waals surface area (Å²) < 4.78 is 0. The number of aliphatic carboxylic acids is 3. The van der Waals surface area contributed by atoms with Crippen LogP contribution in [-0.2, 0) is 14.4 Å². The van der Waals surface area contributed by atoms with Crippen molar-refractivity contribution >= 4 is 17.9 Å². The molecule has 0 radical (unpaired) electrons. The number of carboxylic acids is 3. The van der Waals surface area contributed by atoms with E-state index in [1.54, 1.807) is 0 Å². The Kier molecular flexibility index (Phi) is 4.90. The normalized spacial score (nSPS) is 13.1. The third kappa shape index (κ3) is 4.26. The minimum absolute atomic E-state index is 0.416. The SMILES string of the molecule is CC(O)CC(CC(=O)O)(CC(=O)O)C(=O)O. The molecule has 16 heavy (non-hydrogen) atoms. The molecule has 1 unspecified atom stereocenters. The summed E-state index contributed by atoms with van der Waals surface area (Å²) in [4.78, 5) is 32.1. The highest BCUT2D eigenvalue weighted by atomic mass is 16.4. The topological polar surface area (TPSA) is 132 Å². The molecule has 7 nitrogen and oxygen atoms in total. The molecule has 1 atom stereocenters. The zero-order valence-electron chi connectivity index (χ0n) is 8.71. The van der Waals surface area contributed by atoms with E-state index < -0.39 is 48.7 Å². The van der Waals surface area contributed by atoms with E-state index in [-0.39, 0.29) is 0 Å². The van der Waals surface area contributed by atoms with Gasteiger partial charge in [-0.1, -0.05) is 0 Å². The van der Waals surface area contributed by atoms with Gasteiger partial charge in [0.25, 0.3) is 0 Å². The number of aliphatic hydroxyl groups excluding tert-OH is 1. The fraction of sp³-hybridized carbons (Fsp3) is 0.667. The van der Waals surface area contributed by atoms with Crippen molar-refractivity contribution in [2.75, 3.05) is 0 Å². The van der Waals surface area contributed by atoms with Gasteiger partial charge in [-0.3, -0.25) is 14.4 Å². The predicted molar refractivity (Wildman–Crippen MR) is 50.9 cm³/mol. The number of rotatable bonds is 7. The quantitative estimate of drug-likeness (QED) is 0.478. The average Bonchev–Trinajstić information content (AvgIpc) is 1.98. The highest BCUT2D eigenvalue weighted by molar-refractivity contribution is 5.86. The highest BCUT2D eigenvalue weighted by Gasteiger charge is 2.43. The summed E-state index contributed by atoms with van der Waals surface area (Å²) in [5, 5.41) is 35.2. The molecule has 0 heterocycles. The molecule has 0 fully saturated rings. The van der Waals surface area contributed by atoms with E-state index in [1.807, 2.05) is 0 Å². The Bertz CT molecular complexity index is 278. The first kappa shape index (κ1) is 14.4. The van der Waals surface area contributed by atoms with Gasteiger partial charge in [-0.2, -0.15) is 0 Å². The Labute approximate surface area is 91.3 Å². The fourth-order valence-electron chi connectivity index (χ4n) is 1.59. The number of hydrogen-bond acceptors (Lipinski definition) is 4. The Morgan fingerprint density at radius 2 is 1.44 bits per heavy atom. The van der Waals surface area contributed by atoms with Crippen LogP contribution in [-0.4, -0.2) is 44.4 Å². The van der Waals surface area contributed by atoms with E-state index in [0.29, 0.717) is 0 Å². The van der Waals surface area contributed by atoms with Crippen molar-refractivity contribution in [2.24, 2.45) is 5.41 Å². The second kappa shape index (κ2) is 5.45. The molecule has 0 aromatic carbocycles. The van der Waals surface area contributed by atoms with Gasteiger partial charge in [-0.15, -0.1) is 0 Å². The summed E-state index contributed by atoms with van der Waals surface area (Å²) in [5.41, 5.74) is -1.97. The maximum Gasteiger partial charge on any atom is 0.310 e. The average molecular weight is 234 g/mol. The van der Waals surface area contributed by atoms with E-state index in [4.69, 9.17) is 20.4 Å². The van der Waals surface area contributed by atoms with E-state index in [2.05, 4.69) is 0 Å². The molecule has 0 saturated heterocycles. The van der Waals surface area contributed by atoms with Gasteiger partial charge in [0.15, 0.2) is 0 Å². The summed E-state index contributed by atoms with van der Waals surface area (Å²) in [6, 6.07) is 0. The summed E-state index contributed by atoms with van der Waals surface area (Å²) >= 11 is 0. The van der Waals surface area contributed by atoms with Gasteiger partial charge in [-0.05, 0) is 13.3 Å². The van der Waals surface area contributed by atoms with Crippen LogP contribution >= 0.6 is 0 Å². The predicted octanol–water partition coefficient (Wildman–Crippen LogP) is -0.222. The van der Waals surface area contributed by atoms with E-state index in [9.17, 15) is 14.4 Å². The summed E-state index contributed by atoms with van der Waals surface area (Å²) in [6.07, 6.45) is -3.17. The van der Waals surface area contributed by atoms with Gasteiger partial charge in [0.2, 0.25) is 0 Å². The smallest absolute Gasteiger partial charge is 0.310 e. The lowest BCUT2D eigenvalue weighted by molar-refractivity contribution is -0.162. The van der Waals surface area contributed by atoms with Crippen LogP contribution in [0, 0.1) is 5.41 Å². The molecule has 0 amide bonds. The van der Waals surface area contributed by atoms with Gasteiger partial charge in [0.05, 0.1) is 24.4 Å². The van der Waals surface area contributed by atoms with Gasteiger partial charge in [0.1, 0.15) is 0 Å². The van der Waals surface area contributed by atoms with E-state index >= 15 is 0 Å². The number of carbonyl (C=O) groups is 3. The summed E-state index contributed by atoms with van der Waals surface area (Å²) in [7, 11) is 0. The Morgan fingerprint density at radius 3 is 1.62 bits per heavy atom. The number of aliphatic hydroxyl groups is 1. The molecule has 0 aliphatic heterocycles. The van der Waals surface area contributed by atoms with Gasteiger partial charge >= 0.3 is 17.9 Å². The molecule has 7 heteroatoms. The Hall–Kier alpha value is -1.63. The standard InChI is InChI=1S/C9H14O7/c1-5(10)2-9(8(15)16,3-6(11)12)4-7(13)14/h5,10H,2-4H2,1H3,(H,11,12)(H,13,14)(H,15,16). The van der Waals surface area contributed by atoms with Crippen molar-refractivity contribution in [2.45, 2.75) is 32.3 Å². The summed E-state index contributed by atoms with van der Waals surface area (Å²) in [6.45, 7) is 1.28. The number of hydrogen-bond donors (Lipinski definition) is 4. The minimum atomic E-state index is -1.97. The van der Waals surface area contributed by atoms with Crippen LogP contribution in [0.15, 0.2) is 0 Å². The van der Waals surface area contributed by atoms with Crippen LogP contribution < -0.4 is 0 Å². The molecule has 92 valence electrons. The third-order valence-corrected chi connectivity index (χ3v) is 2.12. The van der Waals surface area contributed by atoms with Crippen molar-refractivity contribution in [1.82, 2.24) is 0 Å². The first-order chi connectivity index (χ1) is 7.19.